The van der Waals surface area contributed by atoms with Crippen molar-refractivity contribution in [2.45, 2.75) is 26.8 Å². The number of aromatic nitrogens is 1. The van der Waals surface area contributed by atoms with Crippen LogP contribution >= 0.6 is 22.7 Å². The second-order valence-corrected chi connectivity index (χ2v) is 8.94. The first-order valence-corrected chi connectivity index (χ1v) is 11.1. The third-order valence-electron chi connectivity index (χ3n) is 4.92. The molecule has 1 atom stereocenters. The number of aryl methyl sites for hydroxylation is 2. The number of rotatable bonds is 5. The summed E-state index contributed by atoms with van der Waals surface area (Å²) in [5.74, 6) is -0.944. The predicted octanol–water partition coefficient (Wildman–Crippen LogP) is 4.85. The van der Waals surface area contributed by atoms with E-state index in [4.69, 9.17) is 4.74 Å². The second-order valence-electron chi connectivity index (χ2n) is 6.78. The molecule has 1 N–H and O–H groups in total. The molecule has 1 unspecified atom stereocenters. The summed E-state index contributed by atoms with van der Waals surface area (Å²) in [5, 5.41) is 13.4. The largest absolute Gasteiger partial charge is 0.507 e. The lowest BCUT2D eigenvalue weighted by molar-refractivity contribution is -0.132. The molecule has 1 amide bonds. The van der Waals surface area contributed by atoms with Crippen LogP contribution in [0.3, 0.4) is 0 Å². The molecule has 1 aromatic carbocycles. The van der Waals surface area contributed by atoms with Crippen molar-refractivity contribution in [2.24, 2.45) is 0 Å². The number of nitrogens with zero attached hydrogens (tertiary/aromatic N) is 2. The molecule has 6 nitrogen and oxygen atoms in total. The van der Waals surface area contributed by atoms with Crippen LogP contribution in [0.1, 0.15) is 34.0 Å². The van der Waals surface area contributed by atoms with E-state index in [1.807, 2.05) is 38.3 Å². The van der Waals surface area contributed by atoms with Gasteiger partial charge >= 0.3 is 5.91 Å². The highest BCUT2D eigenvalue weighted by Crippen LogP contribution is 2.44. The maximum Gasteiger partial charge on any atom is 0.301 e. The minimum atomic E-state index is -0.721. The summed E-state index contributed by atoms with van der Waals surface area (Å²) in [6.07, 6.45) is 0. The average Bonchev–Trinajstić information content (AvgIpc) is 3.43. The lowest BCUT2D eigenvalue weighted by atomic mass is 10.00. The van der Waals surface area contributed by atoms with Gasteiger partial charge in [-0.25, -0.2) is 4.98 Å². The molecular weight excluding hydrogens is 420 g/mol. The van der Waals surface area contributed by atoms with E-state index in [0.717, 1.165) is 15.4 Å². The number of ether oxygens (including phenoxy) is 1. The van der Waals surface area contributed by atoms with Crippen LogP contribution in [0.25, 0.3) is 5.76 Å². The number of carbonyl (C=O) groups is 2. The number of hydrogen-bond acceptors (Lipinski definition) is 7. The number of amides is 1. The fourth-order valence-corrected chi connectivity index (χ4v) is 5.10. The van der Waals surface area contributed by atoms with Crippen molar-refractivity contribution in [1.29, 1.82) is 0 Å². The van der Waals surface area contributed by atoms with Crippen molar-refractivity contribution >= 4 is 45.3 Å². The lowest BCUT2D eigenvalue weighted by Gasteiger charge is -2.21. The summed E-state index contributed by atoms with van der Waals surface area (Å²) in [6.45, 7) is 6.21. The van der Waals surface area contributed by atoms with Crippen LogP contribution in [0.4, 0.5) is 5.13 Å². The standard InChI is InChI=1S/C22H20N2O4S2/c1-4-28-15-9-7-14(8-10-15)19(25)17-18(16-6-5-11-29-16)24(21(27)20(17)26)22-23-12(2)13(3)30-22/h5-11,18,25H,4H2,1-3H3. The van der Waals surface area contributed by atoms with Crippen LogP contribution in [0.15, 0.2) is 47.4 Å². The number of ketones is 1. The van der Waals surface area contributed by atoms with Gasteiger partial charge in [-0.2, -0.15) is 0 Å². The number of benzene rings is 1. The molecule has 1 fully saturated rings. The van der Waals surface area contributed by atoms with E-state index < -0.39 is 17.7 Å². The summed E-state index contributed by atoms with van der Waals surface area (Å²) < 4.78 is 5.44. The Kier molecular flexibility index (Phi) is 5.44. The molecule has 1 aliphatic heterocycles. The van der Waals surface area contributed by atoms with Crippen LogP contribution < -0.4 is 9.64 Å². The monoisotopic (exact) mass is 440 g/mol. The molecular formula is C22H20N2O4S2. The number of thiophene rings is 1. The summed E-state index contributed by atoms with van der Waals surface area (Å²) in [6, 6.07) is 9.79. The van der Waals surface area contributed by atoms with E-state index >= 15 is 0 Å². The molecule has 8 heteroatoms. The van der Waals surface area contributed by atoms with Crippen LogP contribution in [-0.2, 0) is 9.59 Å². The maximum atomic E-state index is 13.0. The number of aliphatic hydroxyl groups is 1. The van der Waals surface area contributed by atoms with Crippen molar-refractivity contribution in [3.05, 3.63) is 68.4 Å². The molecule has 1 aliphatic rings. The van der Waals surface area contributed by atoms with Crippen LogP contribution in [0.5, 0.6) is 5.75 Å². The summed E-state index contributed by atoms with van der Waals surface area (Å²) in [7, 11) is 0. The molecule has 0 bridgehead atoms. The normalized spacial score (nSPS) is 18.2. The summed E-state index contributed by atoms with van der Waals surface area (Å²) in [5.41, 5.74) is 1.33. The topological polar surface area (TPSA) is 79.7 Å². The quantitative estimate of drug-likeness (QED) is 0.349. The van der Waals surface area contributed by atoms with Gasteiger partial charge in [0.15, 0.2) is 5.13 Å². The third kappa shape index (κ3) is 3.42. The van der Waals surface area contributed by atoms with Gasteiger partial charge < -0.3 is 9.84 Å². The summed E-state index contributed by atoms with van der Waals surface area (Å²) in [4.78, 5) is 33.7. The highest BCUT2D eigenvalue weighted by Gasteiger charge is 2.48. The number of carbonyl (C=O) groups excluding carboxylic acids is 2. The van der Waals surface area contributed by atoms with E-state index in [-0.39, 0.29) is 11.3 Å². The molecule has 0 saturated carbocycles. The number of thiazole rings is 1. The first-order chi connectivity index (χ1) is 14.4. The van der Waals surface area contributed by atoms with Gasteiger partial charge in [-0.1, -0.05) is 6.07 Å². The molecule has 0 spiro atoms. The first-order valence-electron chi connectivity index (χ1n) is 9.44. The van der Waals surface area contributed by atoms with E-state index in [0.29, 0.717) is 23.1 Å². The minimum absolute atomic E-state index is 0.0668. The molecule has 4 rings (SSSR count). The van der Waals surface area contributed by atoms with E-state index in [1.54, 1.807) is 24.3 Å². The van der Waals surface area contributed by atoms with Crippen molar-refractivity contribution < 1.29 is 19.4 Å². The molecule has 2 aromatic heterocycles. The third-order valence-corrected chi connectivity index (χ3v) is 6.92. The zero-order valence-corrected chi connectivity index (χ0v) is 18.3. The zero-order chi connectivity index (χ0) is 21.4. The van der Waals surface area contributed by atoms with Gasteiger partial charge in [-0.3, -0.25) is 14.5 Å². The summed E-state index contributed by atoms with van der Waals surface area (Å²) >= 11 is 2.79. The van der Waals surface area contributed by atoms with E-state index in [1.165, 1.54) is 27.6 Å². The van der Waals surface area contributed by atoms with Gasteiger partial charge in [0.2, 0.25) is 0 Å². The minimum Gasteiger partial charge on any atom is -0.507 e. The Labute approximate surface area is 182 Å². The van der Waals surface area contributed by atoms with Crippen molar-refractivity contribution in [3.63, 3.8) is 0 Å². The Morgan fingerprint density at radius 3 is 2.50 bits per heavy atom. The smallest absolute Gasteiger partial charge is 0.301 e. The Bertz CT molecular complexity index is 1110. The van der Waals surface area contributed by atoms with Gasteiger partial charge in [-0.15, -0.1) is 22.7 Å². The average molecular weight is 441 g/mol. The van der Waals surface area contributed by atoms with Crippen LogP contribution in [0.2, 0.25) is 0 Å². The zero-order valence-electron chi connectivity index (χ0n) is 16.7. The molecule has 0 aliphatic carbocycles. The maximum absolute atomic E-state index is 13.0. The lowest BCUT2D eigenvalue weighted by Crippen LogP contribution is -2.29. The van der Waals surface area contributed by atoms with Crippen molar-refractivity contribution in [2.75, 3.05) is 11.5 Å². The predicted molar refractivity (Wildman–Crippen MR) is 118 cm³/mol. The number of hydrogen-bond donors (Lipinski definition) is 1. The Hall–Kier alpha value is -2.97. The fraction of sp³-hybridized carbons (Fsp3) is 0.227. The Balaban J connectivity index is 1.86. The molecule has 154 valence electrons. The van der Waals surface area contributed by atoms with Gasteiger partial charge in [0.05, 0.1) is 17.9 Å². The van der Waals surface area contributed by atoms with Gasteiger partial charge in [-0.05, 0) is 56.5 Å². The SMILES string of the molecule is CCOc1ccc(C(O)=C2C(=O)C(=O)N(c3nc(C)c(C)s3)C2c2cccs2)cc1. The highest BCUT2D eigenvalue weighted by atomic mass is 32.1. The molecule has 3 heterocycles. The van der Waals surface area contributed by atoms with Crippen molar-refractivity contribution in [1.82, 2.24) is 4.98 Å². The Morgan fingerprint density at radius 1 is 1.20 bits per heavy atom. The fourth-order valence-electron chi connectivity index (χ4n) is 3.34. The highest BCUT2D eigenvalue weighted by molar-refractivity contribution is 7.16. The van der Waals surface area contributed by atoms with Gasteiger partial charge in [0.25, 0.3) is 5.78 Å². The van der Waals surface area contributed by atoms with Gasteiger partial charge in [0, 0.05) is 15.3 Å². The molecule has 30 heavy (non-hydrogen) atoms. The molecule has 3 aromatic rings. The number of anilines is 1. The first kappa shape index (κ1) is 20.3. The molecule has 1 saturated heterocycles. The van der Waals surface area contributed by atoms with Crippen molar-refractivity contribution in [3.8, 4) is 5.75 Å². The van der Waals surface area contributed by atoms with E-state index in [9.17, 15) is 14.7 Å². The number of aliphatic hydroxyl groups excluding tert-OH is 1. The molecule has 0 radical (unpaired) electrons. The van der Waals surface area contributed by atoms with Crippen LogP contribution in [-0.4, -0.2) is 28.4 Å². The Morgan fingerprint density at radius 2 is 1.93 bits per heavy atom. The van der Waals surface area contributed by atoms with Gasteiger partial charge in [0.1, 0.15) is 17.6 Å². The van der Waals surface area contributed by atoms with Crippen LogP contribution in [0, 0.1) is 13.8 Å². The van der Waals surface area contributed by atoms with E-state index in [2.05, 4.69) is 4.98 Å². The number of Topliss-reactive ketones (excluding diaryl/α,β-unsaturated/α-hetero) is 1. The second kappa shape index (κ2) is 8.04.